The molecule has 2 aromatic carbocycles. The largest absolute Gasteiger partial charge is 0.514 e. The van der Waals surface area contributed by atoms with Crippen molar-refractivity contribution in [2.24, 2.45) is 13.0 Å². The number of methoxy groups -OCH3 is 1. The fourth-order valence-electron chi connectivity index (χ4n) is 4.18. The molecule has 4 aromatic rings. The minimum Gasteiger partial charge on any atom is -0.493 e. The average molecular weight is 580 g/mol. The Morgan fingerprint density at radius 3 is 2.10 bits per heavy atom. The summed E-state index contributed by atoms with van der Waals surface area (Å²) in [5, 5.41) is 7.28. The quantitative estimate of drug-likeness (QED) is 0.250. The number of carbonyl (C=O) groups excluding carboxylic acids is 2. The molecule has 0 aliphatic carbocycles. The van der Waals surface area contributed by atoms with Gasteiger partial charge in [0.2, 0.25) is 5.75 Å². The maximum Gasteiger partial charge on any atom is 0.514 e. The van der Waals surface area contributed by atoms with Gasteiger partial charge in [-0.15, -0.1) is 0 Å². The fraction of sp³-hybridized carbons (Fsp3) is 0.300. The molecule has 1 N–H and O–H groups in total. The van der Waals surface area contributed by atoms with Gasteiger partial charge in [-0.3, -0.25) is 9.48 Å². The van der Waals surface area contributed by atoms with Gasteiger partial charge in [0.15, 0.2) is 17.3 Å². The molecule has 42 heavy (non-hydrogen) atoms. The third-order valence-electron chi connectivity index (χ3n) is 6.24. The minimum absolute atomic E-state index is 0.0819. The van der Waals surface area contributed by atoms with Gasteiger partial charge in [0, 0.05) is 19.3 Å². The molecule has 10 nitrogen and oxygen atoms in total. The molecule has 1 amide bonds. The maximum absolute atomic E-state index is 13.7. The summed E-state index contributed by atoms with van der Waals surface area (Å²) in [6.07, 6.45) is 0.346. The number of hydrogen-bond donors (Lipinski definition) is 1. The monoisotopic (exact) mass is 579 g/mol. The molecule has 2 heterocycles. The van der Waals surface area contributed by atoms with Crippen LogP contribution in [0.2, 0.25) is 0 Å². The smallest absolute Gasteiger partial charge is 0.493 e. The Labute approximate surface area is 241 Å². The zero-order valence-electron chi connectivity index (χ0n) is 23.8. The van der Waals surface area contributed by atoms with E-state index in [2.05, 4.69) is 15.4 Å². The summed E-state index contributed by atoms with van der Waals surface area (Å²) >= 11 is 0. The predicted octanol–water partition coefficient (Wildman–Crippen LogP) is 5.34. The average Bonchev–Trinajstić information content (AvgIpc) is 3.35. The number of pyridine rings is 1. The van der Waals surface area contributed by atoms with Gasteiger partial charge in [-0.05, 0) is 48.2 Å². The van der Waals surface area contributed by atoms with E-state index in [1.165, 1.54) is 43.6 Å². The van der Waals surface area contributed by atoms with Crippen LogP contribution in [0.4, 0.5) is 13.6 Å². The Bertz CT molecular complexity index is 1500. The summed E-state index contributed by atoms with van der Waals surface area (Å²) < 4.78 is 44.6. The van der Waals surface area contributed by atoms with Crippen molar-refractivity contribution < 1.29 is 32.6 Å². The number of aryl methyl sites for hydroxylation is 1. The molecule has 4 rings (SSSR count). The molecule has 220 valence electrons. The van der Waals surface area contributed by atoms with Crippen molar-refractivity contribution in [2.75, 3.05) is 13.7 Å². The molecular formula is C30H31F2N5O5. The Balaban J connectivity index is 1.61. The van der Waals surface area contributed by atoms with Crippen molar-refractivity contribution in [1.29, 1.82) is 0 Å². The summed E-state index contributed by atoms with van der Waals surface area (Å²) in [7, 11) is 3.06. The van der Waals surface area contributed by atoms with Crippen LogP contribution in [0.15, 0.2) is 60.8 Å². The Morgan fingerprint density at radius 2 is 1.55 bits per heavy atom. The van der Waals surface area contributed by atoms with E-state index in [0.717, 1.165) is 0 Å². The second-order valence-corrected chi connectivity index (χ2v) is 9.93. The highest BCUT2D eigenvalue weighted by Crippen LogP contribution is 2.33. The van der Waals surface area contributed by atoms with Gasteiger partial charge in [0.05, 0.1) is 25.7 Å². The summed E-state index contributed by atoms with van der Waals surface area (Å²) in [6.45, 7) is 5.55. The molecule has 0 unspecified atom stereocenters. The number of carbonyl (C=O) groups is 2. The van der Waals surface area contributed by atoms with Crippen LogP contribution in [0, 0.1) is 17.6 Å². The van der Waals surface area contributed by atoms with Crippen LogP contribution in [0.25, 0.3) is 0 Å². The first kappa shape index (κ1) is 30.1. The Morgan fingerprint density at radius 1 is 0.952 bits per heavy atom. The number of hydrogen-bond acceptors (Lipinski definition) is 8. The number of aromatic nitrogens is 4. The van der Waals surface area contributed by atoms with Crippen LogP contribution in [0.1, 0.15) is 66.0 Å². The van der Waals surface area contributed by atoms with E-state index < -0.39 is 35.7 Å². The second kappa shape index (κ2) is 13.2. The number of nitrogens with one attached hydrogen (secondary N) is 1. The van der Waals surface area contributed by atoms with Crippen LogP contribution in [0.3, 0.4) is 0 Å². The van der Waals surface area contributed by atoms with Crippen molar-refractivity contribution in [3.05, 3.63) is 101 Å². The van der Waals surface area contributed by atoms with Gasteiger partial charge < -0.3 is 19.5 Å². The van der Waals surface area contributed by atoms with E-state index in [0.29, 0.717) is 17.0 Å². The molecule has 0 bridgehead atoms. The van der Waals surface area contributed by atoms with Gasteiger partial charge in [0.25, 0.3) is 5.91 Å². The molecule has 0 saturated heterocycles. The number of rotatable bonds is 10. The highest BCUT2D eigenvalue weighted by Gasteiger charge is 2.28. The van der Waals surface area contributed by atoms with Crippen molar-refractivity contribution in [2.45, 2.75) is 32.7 Å². The third kappa shape index (κ3) is 7.06. The van der Waals surface area contributed by atoms with E-state index in [9.17, 15) is 18.4 Å². The van der Waals surface area contributed by atoms with Gasteiger partial charge in [0.1, 0.15) is 17.5 Å². The number of benzene rings is 2. The maximum atomic E-state index is 13.7. The molecule has 1 atom stereocenters. The third-order valence-corrected chi connectivity index (χ3v) is 6.24. The number of amides is 1. The summed E-state index contributed by atoms with van der Waals surface area (Å²) in [4.78, 5) is 34.4. The normalized spacial score (nSPS) is 11.8. The SMILES string of the molecule is COc1ccnc(C(=O)N[C@@H](C)c2nc(C(c3ccc(F)cc3)c3ccc(F)cc3)n(C)n2)c1OC(=O)OCC(C)C. The summed E-state index contributed by atoms with van der Waals surface area (Å²) in [5.41, 5.74) is 1.23. The number of nitrogens with zero attached hydrogens (tertiary/aromatic N) is 4. The van der Waals surface area contributed by atoms with Crippen LogP contribution >= 0.6 is 0 Å². The van der Waals surface area contributed by atoms with Crippen molar-refractivity contribution in [3.8, 4) is 11.5 Å². The lowest BCUT2D eigenvalue weighted by Crippen LogP contribution is -2.29. The highest BCUT2D eigenvalue weighted by molar-refractivity contribution is 5.96. The van der Waals surface area contributed by atoms with Crippen molar-refractivity contribution in [1.82, 2.24) is 25.1 Å². The fourth-order valence-corrected chi connectivity index (χ4v) is 4.18. The zero-order chi connectivity index (χ0) is 30.4. The molecule has 0 saturated carbocycles. The summed E-state index contributed by atoms with van der Waals surface area (Å²) in [6, 6.07) is 12.6. The molecule has 2 aromatic heterocycles. The van der Waals surface area contributed by atoms with E-state index in [-0.39, 0.29) is 35.5 Å². The molecule has 12 heteroatoms. The first-order valence-electron chi connectivity index (χ1n) is 13.2. The number of ether oxygens (including phenoxy) is 3. The Kier molecular flexibility index (Phi) is 9.46. The molecule has 0 fully saturated rings. The lowest BCUT2D eigenvalue weighted by Gasteiger charge is -2.17. The standard InChI is InChI=1S/C30H31F2N5O5/c1-17(2)16-41-30(39)42-26-23(40-5)14-15-33-25(26)29(38)34-18(3)27-35-28(37(4)36-27)24(19-6-10-21(31)11-7-19)20-8-12-22(32)13-9-20/h6-15,17-18,24H,16H2,1-5H3,(H,34,38)/t18-/m0/s1. The second-order valence-electron chi connectivity index (χ2n) is 9.93. The molecule has 0 aliphatic rings. The minimum atomic E-state index is -0.999. The van der Waals surface area contributed by atoms with E-state index in [1.54, 1.807) is 42.9 Å². The van der Waals surface area contributed by atoms with Crippen LogP contribution < -0.4 is 14.8 Å². The first-order valence-corrected chi connectivity index (χ1v) is 13.2. The van der Waals surface area contributed by atoms with Crippen LogP contribution in [-0.2, 0) is 11.8 Å². The lowest BCUT2D eigenvalue weighted by atomic mass is 9.90. The van der Waals surface area contributed by atoms with Gasteiger partial charge in [-0.25, -0.2) is 23.5 Å². The lowest BCUT2D eigenvalue weighted by molar-refractivity contribution is 0.0852. The molecule has 0 aliphatic heterocycles. The zero-order valence-corrected chi connectivity index (χ0v) is 23.8. The van der Waals surface area contributed by atoms with E-state index >= 15 is 0 Å². The number of halogens is 2. The highest BCUT2D eigenvalue weighted by atomic mass is 19.1. The Hall–Kier alpha value is -4.87. The molecule has 0 radical (unpaired) electrons. The van der Waals surface area contributed by atoms with Gasteiger partial charge in [-0.2, -0.15) is 5.10 Å². The van der Waals surface area contributed by atoms with Crippen LogP contribution in [0.5, 0.6) is 11.5 Å². The molecule has 0 spiro atoms. The van der Waals surface area contributed by atoms with Crippen molar-refractivity contribution in [3.63, 3.8) is 0 Å². The van der Waals surface area contributed by atoms with Crippen LogP contribution in [-0.4, -0.2) is 45.5 Å². The summed E-state index contributed by atoms with van der Waals surface area (Å²) in [5.74, 6) is -1.20. The van der Waals surface area contributed by atoms with E-state index in [1.807, 2.05) is 13.8 Å². The van der Waals surface area contributed by atoms with E-state index in [4.69, 9.17) is 19.2 Å². The van der Waals surface area contributed by atoms with Crippen molar-refractivity contribution >= 4 is 12.1 Å². The van der Waals surface area contributed by atoms with Gasteiger partial charge >= 0.3 is 6.16 Å². The van der Waals surface area contributed by atoms with Gasteiger partial charge in [-0.1, -0.05) is 38.1 Å². The first-order chi connectivity index (χ1) is 20.1. The topological polar surface area (TPSA) is 117 Å². The molecular weight excluding hydrogens is 548 g/mol. The predicted molar refractivity (Wildman–Crippen MR) is 148 cm³/mol.